The Morgan fingerprint density at radius 3 is 1.92 bits per heavy atom. The van der Waals surface area contributed by atoms with Crippen LogP contribution >= 0.6 is 0 Å². The normalized spacial score (nSPS) is 19.3. The highest BCUT2D eigenvalue weighted by molar-refractivity contribution is 5.31. The van der Waals surface area contributed by atoms with Crippen molar-refractivity contribution < 1.29 is 4.74 Å². The van der Waals surface area contributed by atoms with E-state index in [2.05, 4.69) is 72.7 Å². The van der Waals surface area contributed by atoms with Crippen molar-refractivity contribution in [1.82, 2.24) is 0 Å². The summed E-state index contributed by atoms with van der Waals surface area (Å²) in [5, 5.41) is 0. The molecule has 1 aliphatic rings. The number of hydrogen-bond acceptors (Lipinski definition) is 1. The summed E-state index contributed by atoms with van der Waals surface area (Å²) in [6, 6.07) is 9.00. The Morgan fingerprint density at radius 1 is 0.958 bits per heavy atom. The highest BCUT2D eigenvalue weighted by Crippen LogP contribution is 2.44. The molecule has 1 nitrogen and oxygen atoms in total. The van der Waals surface area contributed by atoms with Gasteiger partial charge < -0.3 is 4.74 Å². The third kappa shape index (κ3) is 5.01. The first kappa shape index (κ1) is 19.3. The molecule has 1 aliphatic carbocycles. The molecule has 0 bridgehead atoms. The largest absolute Gasteiger partial charge is 0.487 e. The smallest absolute Gasteiger partial charge is 0.120 e. The van der Waals surface area contributed by atoms with Crippen LogP contribution in [0.5, 0.6) is 5.75 Å². The maximum absolute atomic E-state index is 6.43. The molecule has 1 atom stereocenters. The van der Waals surface area contributed by atoms with Crippen molar-refractivity contribution in [1.29, 1.82) is 0 Å². The third-order valence-corrected chi connectivity index (χ3v) is 5.64. The topological polar surface area (TPSA) is 9.23 Å². The zero-order valence-electron chi connectivity index (χ0n) is 17.0. The summed E-state index contributed by atoms with van der Waals surface area (Å²) >= 11 is 0. The molecule has 136 valence electrons. The Labute approximate surface area is 150 Å². The summed E-state index contributed by atoms with van der Waals surface area (Å²) < 4.78 is 6.43. The Bertz CT molecular complexity index is 506. The SMILES string of the molecule is CCC1(Oc2ccc(C(CC(C)(C)C)C(C)(C)C)cc2)CCCC1. The number of ether oxygens (including phenoxy) is 1. The van der Waals surface area contributed by atoms with Gasteiger partial charge >= 0.3 is 0 Å². The molecule has 0 saturated heterocycles. The van der Waals surface area contributed by atoms with Gasteiger partial charge in [-0.25, -0.2) is 0 Å². The van der Waals surface area contributed by atoms with Crippen LogP contribution in [0.15, 0.2) is 24.3 Å². The van der Waals surface area contributed by atoms with Gasteiger partial charge in [0, 0.05) is 0 Å². The molecule has 2 rings (SSSR count). The molecule has 0 aliphatic heterocycles. The van der Waals surface area contributed by atoms with Gasteiger partial charge in [-0.15, -0.1) is 0 Å². The summed E-state index contributed by atoms with van der Waals surface area (Å²) in [6.45, 7) is 16.4. The summed E-state index contributed by atoms with van der Waals surface area (Å²) in [6.07, 6.45) is 7.35. The molecule has 0 radical (unpaired) electrons. The summed E-state index contributed by atoms with van der Waals surface area (Å²) in [5.41, 5.74) is 2.15. The van der Waals surface area contributed by atoms with Crippen LogP contribution in [0.25, 0.3) is 0 Å². The minimum Gasteiger partial charge on any atom is -0.487 e. The van der Waals surface area contributed by atoms with Crippen molar-refractivity contribution in [2.24, 2.45) is 10.8 Å². The van der Waals surface area contributed by atoms with Crippen molar-refractivity contribution >= 4 is 0 Å². The van der Waals surface area contributed by atoms with E-state index >= 15 is 0 Å². The van der Waals surface area contributed by atoms with Crippen LogP contribution < -0.4 is 4.74 Å². The summed E-state index contributed by atoms with van der Waals surface area (Å²) in [5.74, 6) is 1.61. The molecular weight excluding hydrogens is 292 g/mol. The van der Waals surface area contributed by atoms with Gasteiger partial charge in [-0.2, -0.15) is 0 Å². The highest BCUT2D eigenvalue weighted by Gasteiger charge is 2.34. The fourth-order valence-electron chi connectivity index (χ4n) is 4.10. The van der Waals surface area contributed by atoms with Crippen molar-refractivity contribution in [3.63, 3.8) is 0 Å². The lowest BCUT2D eigenvalue weighted by Gasteiger charge is -2.36. The van der Waals surface area contributed by atoms with Gasteiger partial charge in [0.25, 0.3) is 0 Å². The molecule has 0 amide bonds. The lowest BCUT2D eigenvalue weighted by Crippen LogP contribution is -2.31. The zero-order chi connectivity index (χ0) is 18.0. The van der Waals surface area contributed by atoms with E-state index < -0.39 is 0 Å². The molecule has 0 aromatic heterocycles. The summed E-state index contributed by atoms with van der Waals surface area (Å²) in [4.78, 5) is 0. The van der Waals surface area contributed by atoms with E-state index in [0.717, 1.165) is 12.2 Å². The van der Waals surface area contributed by atoms with E-state index in [-0.39, 0.29) is 11.0 Å². The molecule has 1 aromatic carbocycles. The van der Waals surface area contributed by atoms with Crippen LogP contribution in [0.2, 0.25) is 0 Å². The predicted molar refractivity (Wildman–Crippen MR) is 105 cm³/mol. The maximum Gasteiger partial charge on any atom is 0.120 e. The second kappa shape index (κ2) is 7.10. The highest BCUT2D eigenvalue weighted by atomic mass is 16.5. The van der Waals surface area contributed by atoms with E-state index in [0.29, 0.717) is 11.3 Å². The van der Waals surface area contributed by atoms with Crippen LogP contribution in [-0.2, 0) is 0 Å². The fourth-order valence-corrected chi connectivity index (χ4v) is 4.10. The standard InChI is InChI=1S/C23H38O/c1-8-23(15-9-10-16-23)24-19-13-11-18(12-14-19)20(22(5,6)7)17-21(2,3)4/h11-14,20H,8-10,15-17H2,1-7H3. The third-order valence-electron chi connectivity index (χ3n) is 5.64. The van der Waals surface area contributed by atoms with Gasteiger partial charge in [0.05, 0.1) is 0 Å². The van der Waals surface area contributed by atoms with Crippen LogP contribution in [0.3, 0.4) is 0 Å². The van der Waals surface area contributed by atoms with Crippen molar-refractivity contribution in [2.45, 2.75) is 98.5 Å². The molecule has 0 spiro atoms. The van der Waals surface area contributed by atoms with Crippen molar-refractivity contribution in [2.75, 3.05) is 0 Å². The molecule has 1 saturated carbocycles. The number of hydrogen-bond donors (Lipinski definition) is 0. The molecule has 24 heavy (non-hydrogen) atoms. The Balaban J connectivity index is 2.17. The molecule has 0 N–H and O–H groups in total. The first-order valence-electron chi connectivity index (χ1n) is 9.84. The van der Waals surface area contributed by atoms with Gasteiger partial charge in [0.15, 0.2) is 0 Å². The van der Waals surface area contributed by atoms with Crippen molar-refractivity contribution in [3.05, 3.63) is 29.8 Å². The second-order valence-electron chi connectivity index (χ2n) is 10.1. The fraction of sp³-hybridized carbons (Fsp3) is 0.739. The minimum absolute atomic E-state index is 0.0936. The van der Waals surface area contributed by atoms with Crippen molar-refractivity contribution in [3.8, 4) is 5.75 Å². The molecule has 1 fully saturated rings. The van der Waals surface area contributed by atoms with Crippen LogP contribution in [0, 0.1) is 10.8 Å². The van der Waals surface area contributed by atoms with Gasteiger partial charge in [-0.3, -0.25) is 0 Å². The van der Waals surface area contributed by atoms with Crippen LogP contribution in [0.1, 0.15) is 98.5 Å². The average molecular weight is 331 g/mol. The molecule has 1 unspecified atom stereocenters. The van der Waals surface area contributed by atoms with Gasteiger partial charge in [-0.05, 0) is 73.0 Å². The Kier molecular flexibility index (Phi) is 5.72. The van der Waals surface area contributed by atoms with Gasteiger partial charge in [0.1, 0.15) is 11.4 Å². The minimum atomic E-state index is 0.0936. The van der Waals surface area contributed by atoms with E-state index in [1.54, 1.807) is 0 Å². The first-order chi connectivity index (χ1) is 11.0. The lowest BCUT2D eigenvalue weighted by atomic mass is 9.69. The van der Waals surface area contributed by atoms with E-state index in [4.69, 9.17) is 4.74 Å². The number of benzene rings is 1. The molecule has 0 heterocycles. The van der Waals surface area contributed by atoms with E-state index in [9.17, 15) is 0 Å². The van der Waals surface area contributed by atoms with E-state index in [1.807, 2.05) is 0 Å². The summed E-state index contributed by atoms with van der Waals surface area (Å²) in [7, 11) is 0. The monoisotopic (exact) mass is 330 g/mol. The van der Waals surface area contributed by atoms with Crippen LogP contribution in [-0.4, -0.2) is 5.60 Å². The maximum atomic E-state index is 6.43. The second-order valence-corrected chi connectivity index (χ2v) is 10.1. The average Bonchev–Trinajstić information content (AvgIpc) is 2.93. The van der Waals surface area contributed by atoms with Gasteiger partial charge in [0.2, 0.25) is 0 Å². The van der Waals surface area contributed by atoms with Gasteiger partial charge in [-0.1, -0.05) is 60.6 Å². The lowest BCUT2D eigenvalue weighted by molar-refractivity contribution is 0.0720. The predicted octanol–water partition coefficient (Wildman–Crippen LogP) is 7.35. The molecular formula is C23H38O. The zero-order valence-corrected chi connectivity index (χ0v) is 17.0. The molecule has 1 heteroatoms. The quantitative estimate of drug-likeness (QED) is 0.548. The Morgan fingerprint density at radius 2 is 1.50 bits per heavy atom. The molecule has 1 aromatic rings. The Hall–Kier alpha value is -0.980. The van der Waals surface area contributed by atoms with E-state index in [1.165, 1.54) is 37.7 Å². The van der Waals surface area contributed by atoms with Crippen LogP contribution in [0.4, 0.5) is 0 Å². The first-order valence-corrected chi connectivity index (χ1v) is 9.84. The number of rotatable bonds is 5.